The number of aromatic carboxylic acids is 3. The van der Waals surface area contributed by atoms with Crippen molar-refractivity contribution >= 4 is 17.9 Å². The van der Waals surface area contributed by atoms with E-state index in [1.807, 2.05) is 39.0 Å². The Morgan fingerprint density at radius 3 is 0.871 bits per heavy atom. The van der Waals surface area contributed by atoms with Gasteiger partial charge >= 0.3 is 16.8 Å². The van der Waals surface area contributed by atoms with Crippen LogP contribution in [0.5, 0.6) is 0 Å². The molecule has 7 heteroatoms. The van der Waals surface area contributed by atoms with Crippen molar-refractivity contribution in [3.05, 3.63) is 106 Å². The van der Waals surface area contributed by atoms with Crippen LogP contribution in [0, 0.1) is 20.8 Å². The van der Waals surface area contributed by atoms with E-state index >= 15 is 0 Å². The average Bonchev–Trinajstić information content (AvgIpc) is 2.69. The Labute approximate surface area is 191 Å². The van der Waals surface area contributed by atoms with Crippen molar-refractivity contribution in [1.29, 1.82) is 0 Å². The van der Waals surface area contributed by atoms with Gasteiger partial charge in [0.15, 0.2) is 0 Å². The van der Waals surface area contributed by atoms with Crippen molar-refractivity contribution in [1.82, 2.24) is 0 Å². The zero-order valence-electron chi connectivity index (χ0n) is 17.2. The first-order chi connectivity index (χ1) is 14.1. The predicted molar refractivity (Wildman–Crippen MR) is 107 cm³/mol. The molecule has 0 unspecified atom stereocenters. The van der Waals surface area contributed by atoms with E-state index in [1.54, 1.807) is 36.4 Å². The molecular weight excluding hydrogens is 443 g/mol. The van der Waals surface area contributed by atoms with Gasteiger partial charge in [-0.3, -0.25) is 0 Å². The molecule has 0 radical (unpaired) electrons. The van der Waals surface area contributed by atoms with E-state index in [0.717, 1.165) is 16.7 Å². The van der Waals surface area contributed by atoms with Crippen molar-refractivity contribution in [3.63, 3.8) is 0 Å². The van der Waals surface area contributed by atoms with Crippen LogP contribution < -0.4 is 15.3 Å². The second-order valence-electron chi connectivity index (χ2n) is 6.47. The zero-order valence-corrected chi connectivity index (χ0v) is 18.3. The molecule has 0 N–H and O–H groups in total. The quantitative estimate of drug-likeness (QED) is 0.572. The molecule has 0 saturated carbocycles. The Hall–Kier alpha value is -3.42. The monoisotopic (exact) mass is 464 g/mol. The van der Waals surface area contributed by atoms with Crippen LogP contribution in [0.2, 0.25) is 0 Å². The normalized spacial score (nSPS) is 9.00. The summed E-state index contributed by atoms with van der Waals surface area (Å²) in [4.78, 5) is 30.7. The summed E-state index contributed by atoms with van der Waals surface area (Å²) in [6.07, 6.45) is 0. The molecule has 0 aliphatic carbocycles. The number of hydrogen-bond donors (Lipinski definition) is 0. The van der Waals surface area contributed by atoms with Crippen molar-refractivity contribution in [2.45, 2.75) is 20.8 Å². The number of carboxylic acids is 3. The van der Waals surface area contributed by atoms with E-state index in [-0.39, 0.29) is 33.5 Å². The molecule has 0 aromatic heterocycles. The standard InChI is InChI=1S/3C8H8O2.Co/c3*1-6-3-2-4-7(5-6)8(9)10;/h3*2-5H,1H3,(H,9,10);/q;;;+3/p-3. The number of hydrogen-bond acceptors (Lipinski definition) is 6. The summed E-state index contributed by atoms with van der Waals surface area (Å²) >= 11 is 0. The van der Waals surface area contributed by atoms with Crippen LogP contribution >= 0.6 is 0 Å². The van der Waals surface area contributed by atoms with Gasteiger partial charge in [0.1, 0.15) is 0 Å². The maximum atomic E-state index is 10.2. The van der Waals surface area contributed by atoms with Crippen molar-refractivity contribution < 1.29 is 46.5 Å². The summed E-state index contributed by atoms with van der Waals surface area (Å²) in [5.41, 5.74) is 3.50. The molecule has 0 aliphatic heterocycles. The molecular formula is C24H21CoO6. The minimum atomic E-state index is -1.12. The molecule has 31 heavy (non-hydrogen) atoms. The molecule has 0 heterocycles. The number of carbonyl (C=O) groups is 3. The Bertz CT molecular complexity index is 898. The van der Waals surface area contributed by atoms with Crippen LogP contribution in [0.25, 0.3) is 0 Å². The molecule has 0 fully saturated rings. The first kappa shape index (κ1) is 27.6. The van der Waals surface area contributed by atoms with Gasteiger partial charge in [0.2, 0.25) is 0 Å². The number of aryl methyl sites for hydroxylation is 3. The second kappa shape index (κ2) is 13.7. The molecule has 0 amide bonds. The maximum absolute atomic E-state index is 10.2. The van der Waals surface area contributed by atoms with Crippen LogP contribution in [0.4, 0.5) is 0 Å². The molecule has 0 spiro atoms. The first-order valence-corrected chi connectivity index (χ1v) is 8.94. The van der Waals surface area contributed by atoms with Crippen molar-refractivity contribution in [3.8, 4) is 0 Å². The third-order valence-electron chi connectivity index (χ3n) is 3.76. The Morgan fingerprint density at radius 1 is 0.516 bits per heavy atom. The van der Waals surface area contributed by atoms with Crippen LogP contribution in [0.3, 0.4) is 0 Å². The molecule has 0 aliphatic rings. The van der Waals surface area contributed by atoms with E-state index in [0.29, 0.717) is 0 Å². The van der Waals surface area contributed by atoms with Gasteiger partial charge in [0.25, 0.3) is 0 Å². The molecule has 162 valence electrons. The number of carbonyl (C=O) groups excluding carboxylic acids is 3. The van der Waals surface area contributed by atoms with Gasteiger partial charge < -0.3 is 29.7 Å². The van der Waals surface area contributed by atoms with Gasteiger partial charge in [-0.05, 0) is 37.5 Å². The van der Waals surface area contributed by atoms with E-state index in [1.165, 1.54) is 18.2 Å². The summed E-state index contributed by atoms with van der Waals surface area (Å²) in [6.45, 7) is 5.52. The largest absolute Gasteiger partial charge is 3.00 e. The molecule has 3 rings (SSSR count). The summed E-state index contributed by atoms with van der Waals surface area (Å²) in [6, 6.07) is 19.9. The van der Waals surface area contributed by atoms with Crippen LogP contribution in [-0.4, -0.2) is 17.9 Å². The smallest absolute Gasteiger partial charge is 0.545 e. The summed E-state index contributed by atoms with van der Waals surface area (Å²) < 4.78 is 0. The third-order valence-corrected chi connectivity index (χ3v) is 3.76. The maximum Gasteiger partial charge on any atom is 3.00 e. The summed E-state index contributed by atoms with van der Waals surface area (Å²) in [5, 5.41) is 30.7. The third kappa shape index (κ3) is 10.8. The predicted octanol–water partition coefficient (Wildman–Crippen LogP) is 1.07. The van der Waals surface area contributed by atoms with Gasteiger partial charge in [0.05, 0.1) is 17.9 Å². The fourth-order valence-corrected chi connectivity index (χ4v) is 2.32. The fraction of sp³-hybridized carbons (Fsp3) is 0.125. The number of benzene rings is 3. The molecule has 3 aromatic carbocycles. The van der Waals surface area contributed by atoms with Gasteiger partial charge in [-0.25, -0.2) is 0 Å². The van der Waals surface area contributed by atoms with Crippen molar-refractivity contribution in [2.24, 2.45) is 0 Å². The van der Waals surface area contributed by atoms with Crippen LogP contribution in [-0.2, 0) is 16.8 Å². The molecule has 0 atom stereocenters. The minimum absolute atomic E-state index is 0. The molecule has 0 bridgehead atoms. The first-order valence-electron chi connectivity index (χ1n) is 8.94. The summed E-state index contributed by atoms with van der Waals surface area (Å²) in [7, 11) is 0. The SMILES string of the molecule is Cc1cccc(C(=O)[O-])c1.Cc1cccc(C(=O)[O-])c1.Cc1cccc(C(=O)[O-])c1.[Co+3]. The number of rotatable bonds is 3. The van der Waals surface area contributed by atoms with Gasteiger partial charge in [-0.2, -0.15) is 0 Å². The van der Waals surface area contributed by atoms with E-state index in [2.05, 4.69) is 0 Å². The van der Waals surface area contributed by atoms with Crippen molar-refractivity contribution in [2.75, 3.05) is 0 Å². The van der Waals surface area contributed by atoms with E-state index in [4.69, 9.17) is 0 Å². The van der Waals surface area contributed by atoms with Gasteiger partial charge in [-0.1, -0.05) is 89.5 Å². The van der Waals surface area contributed by atoms with Crippen LogP contribution in [0.15, 0.2) is 72.8 Å². The van der Waals surface area contributed by atoms with Gasteiger partial charge in [-0.15, -0.1) is 0 Å². The fourth-order valence-electron chi connectivity index (χ4n) is 2.32. The van der Waals surface area contributed by atoms with E-state index in [9.17, 15) is 29.7 Å². The molecule has 6 nitrogen and oxygen atoms in total. The summed E-state index contributed by atoms with van der Waals surface area (Å²) in [5.74, 6) is -3.36. The molecule has 3 aromatic rings. The Kier molecular flexibility index (Phi) is 12.2. The Balaban J connectivity index is 0.000000429. The average molecular weight is 464 g/mol. The number of carboxylic acid groups (broad SMARTS) is 3. The second-order valence-corrected chi connectivity index (χ2v) is 6.47. The molecule has 0 saturated heterocycles. The van der Waals surface area contributed by atoms with E-state index < -0.39 is 17.9 Å². The topological polar surface area (TPSA) is 120 Å². The minimum Gasteiger partial charge on any atom is -0.545 e. The Morgan fingerprint density at radius 2 is 0.742 bits per heavy atom. The van der Waals surface area contributed by atoms with Gasteiger partial charge in [0, 0.05) is 0 Å². The van der Waals surface area contributed by atoms with Crippen LogP contribution in [0.1, 0.15) is 47.8 Å². The zero-order chi connectivity index (χ0) is 22.7.